The van der Waals surface area contributed by atoms with Crippen LogP contribution < -0.4 is 10.1 Å². The van der Waals surface area contributed by atoms with Crippen molar-refractivity contribution in [2.75, 3.05) is 13.2 Å². The van der Waals surface area contributed by atoms with Crippen LogP contribution in [0.15, 0.2) is 24.3 Å². The molecule has 19 heavy (non-hydrogen) atoms. The van der Waals surface area contributed by atoms with Gasteiger partial charge in [-0.3, -0.25) is 0 Å². The van der Waals surface area contributed by atoms with Crippen LogP contribution in [0.4, 0.5) is 0 Å². The Labute approximate surface area is 117 Å². The number of hydrogen-bond donors (Lipinski definition) is 1. The van der Waals surface area contributed by atoms with E-state index in [1.807, 2.05) is 0 Å². The molecule has 0 bridgehead atoms. The molecule has 1 aromatic carbocycles. The van der Waals surface area contributed by atoms with E-state index in [-0.39, 0.29) is 0 Å². The molecule has 2 nitrogen and oxygen atoms in total. The number of hydrogen-bond acceptors (Lipinski definition) is 2. The first-order valence-electron chi connectivity index (χ1n) is 7.65. The molecule has 0 radical (unpaired) electrons. The molecule has 1 N–H and O–H groups in total. The minimum atomic E-state index is 0.421. The van der Waals surface area contributed by atoms with Crippen LogP contribution in [0.25, 0.3) is 0 Å². The van der Waals surface area contributed by atoms with Crippen LogP contribution >= 0.6 is 0 Å². The molecule has 1 unspecified atom stereocenters. The summed E-state index contributed by atoms with van der Waals surface area (Å²) in [5, 5.41) is 3.67. The topological polar surface area (TPSA) is 21.3 Å². The fraction of sp³-hybridized carbons (Fsp3) is 0.647. The van der Waals surface area contributed by atoms with Gasteiger partial charge in [-0.25, -0.2) is 0 Å². The molecule has 0 heterocycles. The van der Waals surface area contributed by atoms with Crippen LogP contribution in [0, 0.1) is 5.41 Å². The molecule has 1 aromatic rings. The fourth-order valence-electron chi connectivity index (χ4n) is 2.39. The van der Waals surface area contributed by atoms with Crippen molar-refractivity contribution >= 4 is 0 Å². The van der Waals surface area contributed by atoms with E-state index in [1.54, 1.807) is 0 Å². The van der Waals surface area contributed by atoms with Crippen molar-refractivity contribution in [3.63, 3.8) is 0 Å². The summed E-state index contributed by atoms with van der Waals surface area (Å²) in [5.41, 5.74) is 1.95. The highest BCUT2D eigenvalue weighted by Crippen LogP contribution is 2.48. The van der Waals surface area contributed by atoms with Gasteiger partial charge in [0, 0.05) is 12.6 Å². The van der Waals surface area contributed by atoms with Crippen LogP contribution in [0.1, 0.15) is 58.1 Å². The van der Waals surface area contributed by atoms with Gasteiger partial charge in [0.05, 0.1) is 6.61 Å². The average Bonchev–Trinajstić information content (AvgIpc) is 3.24. The largest absolute Gasteiger partial charge is 0.494 e. The highest BCUT2D eigenvalue weighted by atomic mass is 16.5. The molecule has 0 aliphatic heterocycles. The molecular weight excluding hydrogens is 234 g/mol. The number of benzene rings is 1. The summed E-state index contributed by atoms with van der Waals surface area (Å²) in [6, 6.07) is 8.93. The van der Waals surface area contributed by atoms with Gasteiger partial charge in [0.15, 0.2) is 0 Å². The first-order chi connectivity index (χ1) is 9.19. The molecular formula is C17H27NO. The summed E-state index contributed by atoms with van der Waals surface area (Å²) in [7, 11) is 0. The Bertz CT molecular complexity index is 381. The van der Waals surface area contributed by atoms with Crippen molar-refractivity contribution in [2.45, 2.75) is 52.5 Å². The van der Waals surface area contributed by atoms with Gasteiger partial charge >= 0.3 is 0 Å². The molecule has 1 fully saturated rings. The summed E-state index contributed by atoms with van der Waals surface area (Å²) < 4.78 is 5.61. The molecule has 106 valence electrons. The molecule has 0 spiro atoms. The maximum absolute atomic E-state index is 5.61. The Kier molecular flexibility index (Phi) is 4.87. The van der Waals surface area contributed by atoms with Crippen molar-refractivity contribution in [1.29, 1.82) is 0 Å². The van der Waals surface area contributed by atoms with Crippen molar-refractivity contribution < 1.29 is 4.74 Å². The SMILES string of the molecule is CCCOc1ccc(C(C)NCC2(CC)CC2)cc1. The number of rotatable bonds is 8. The molecule has 0 saturated heterocycles. The molecule has 2 rings (SSSR count). The molecule has 1 saturated carbocycles. The van der Waals surface area contributed by atoms with Gasteiger partial charge < -0.3 is 10.1 Å². The quantitative estimate of drug-likeness (QED) is 0.752. The van der Waals surface area contributed by atoms with Crippen molar-refractivity contribution in [1.82, 2.24) is 5.32 Å². The second-order valence-electron chi connectivity index (χ2n) is 5.87. The molecule has 1 atom stereocenters. The number of nitrogens with one attached hydrogen (secondary N) is 1. The maximum Gasteiger partial charge on any atom is 0.119 e. The minimum Gasteiger partial charge on any atom is -0.494 e. The molecule has 2 heteroatoms. The first kappa shape index (κ1) is 14.4. The first-order valence-corrected chi connectivity index (χ1v) is 7.65. The average molecular weight is 261 g/mol. The third kappa shape index (κ3) is 3.97. The third-order valence-electron chi connectivity index (χ3n) is 4.34. The number of ether oxygens (including phenoxy) is 1. The zero-order chi connectivity index (χ0) is 13.7. The van der Waals surface area contributed by atoms with Crippen LogP contribution in [-0.4, -0.2) is 13.2 Å². The van der Waals surface area contributed by atoms with Gasteiger partial charge in [0.1, 0.15) is 5.75 Å². The summed E-state index contributed by atoms with van der Waals surface area (Å²) in [6.07, 6.45) is 5.15. The van der Waals surface area contributed by atoms with Crippen LogP contribution in [0.5, 0.6) is 5.75 Å². The van der Waals surface area contributed by atoms with Crippen LogP contribution in [0.3, 0.4) is 0 Å². The second kappa shape index (κ2) is 6.42. The summed E-state index contributed by atoms with van der Waals surface area (Å²) in [4.78, 5) is 0. The Morgan fingerprint density at radius 1 is 1.21 bits per heavy atom. The monoisotopic (exact) mass is 261 g/mol. The van der Waals surface area contributed by atoms with Gasteiger partial charge in [-0.1, -0.05) is 26.0 Å². The zero-order valence-corrected chi connectivity index (χ0v) is 12.5. The highest BCUT2D eigenvalue weighted by molar-refractivity contribution is 5.29. The Balaban J connectivity index is 1.83. The predicted molar refractivity (Wildman–Crippen MR) is 80.6 cm³/mol. The van der Waals surface area contributed by atoms with Gasteiger partial charge in [-0.15, -0.1) is 0 Å². The van der Waals surface area contributed by atoms with Crippen LogP contribution in [0.2, 0.25) is 0 Å². The highest BCUT2D eigenvalue weighted by Gasteiger charge is 2.40. The van der Waals surface area contributed by atoms with E-state index in [0.29, 0.717) is 11.5 Å². The normalized spacial score (nSPS) is 18.1. The van der Waals surface area contributed by atoms with Gasteiger partial charge in [0.25, 0.3) is 0 Å². The van der Waals surface area contributed by atoms with Gasteiger partial charge in [-0.2, -0.15) is 0 Å². The van der Waals surface area contributed by atoms with E-state index in [0.717, 1.165) is 25.3 Å². The third-order valence-corrected chi connectivity index (χ3v) is 4.34. The van der Waals surface area contributed by atoms with Gasteiger partial charge in [-0.05, 0) is 55.7 Å². The molecule has 0 amide bonds. The Morgan fingerprint density at radius 3 is 2.42 bits per heavy atom. The molecule has 1 aliphatic rings. The van der Waals surface area contributed by atoms with Gasteiger partial charge in [0.2, 0.25) is 0 Å². The standard InChI is InChI=1S/C17H27NO/c1-4-12-19-16-8-6-15(7-9-16)14(3)18-13-17(5-2)10-11-17/h6-9,14,18H,4-5,10-13H2,1-3H3. The molecule has 0 aromatic heterocycles. The fourth-order valence-corrected chi connectivity index (χ4v) is 2.39. The summed E-state index contributed by atoms with van der Waals surface area (Å²) >= 11 is 0. The second-order valence-corrected chi connectivity index (χ2v) is 5.87. The lowest BCUT2D eigenvalue weighted by Gasteiger charge is -2.19. The Hall–Kier alpha value is -1.02. The van der Waals surface area contributed by atoms with E-state index in [2.05, 4.69) is 50.4 Å². The smallest absolute Gasteiger partial charge is 0.119 e. The van der Waals surface area contributed by atoms with E-state index in [9.17, 15) is 0 Å². The van der Waals surface area contributed by atoms with E-state index in [1.165, 1.54) is 24.8 Å². The van der Waals surface area contributed by atoms with E-state index >= 15 is 0 Å². The van der Waals surface area contributed by atoms with Crippen molar-refractivity contribution in [3.05, 3.63) is 29.8 Å². The lowest BCUT2D eigenvalue weighted by atomic mass is 10.0. The Morgan fingerprint density at radius 2 is 1.89 bits per heavy atom. The van der Waals surface area contributed by atoms with E-state index < -0.39 is 0 Å². The maximum atomic E-state index is 5.61. The minimum absolute atomic E-state index is 0.421. The van der Waals surface area contributed by atoms with E-state index in [4.69, 9.17) is 4.74 Å². The molecule has 1 aliphatic carbocycles. The summed E-state index contributed by atoms with van der Waals surface area (Å²) in [6.45, 7) is 8.62. The lowest BCUT2D eigenvalue weighted by Crippen LogP contribution is -2.26. The summed E-state index contributed by atoms with van der Waals surface area (Å²) in [5.74, 6) is 0.977. The van der Waals surface area contributed by atoms with Crippen molar-refractivity contribution in [3.8, 4) is 5.75 Å². The lowest BCUT2D eigenvalue weighted by molar-refractivity contribution is 0.317. The van der Waals surface area contributed by atoms with Crippen LogP contribution in [-0.2, 0) is 0 Å². The predicted octanol–water partition coefficient (Wildman–Crippen LogP) is 4.32. The zero-order valence-electron chi connectivity index (χ0n) is 12.5. The van der Waals surface area contributed by atoms with Crippen molar-refractivity contribution in [2.24, 2.45) is 5.41 Å².